The lowest BCUT2D eigenvalue weighted by atomic mass is 10.1. The van der Waals surface area contributed by atoms with Crippen LogP contribution in [0.15, 0.2) is 53.5 Å². The molecule has 0 saturated carbocycles. The van der Waals surface area contributed by atoms with E-state index in [0.717, 1.165) is 11.3 Å². The Kier molecular flexibility index (Phi) is 3.16. The Balaban J connectivity index is 2.21. The third-order valence-electron chi connectivity index (χ3n) is 2.65. The lowest BCUT2D eigenvalue weighted by Gasteiger charge is -2.00. The molecule has 0 amide bonds. The molecule has 0 bridgehead atoms. The topological polar surface area (TPSA) is 12.4 Å². The molecule has 0 aliphatic carbocycles. The van der Waals surface area contributed by atoms with Gasteiger partial charge in [0.15, 0.2) is 0 Å². The van der Waals surface area contributed by atoms with Gasteiger partial charge in [0.05, 0.1) is 5.69 Å². The predicted octanol–water partition coefficient (Wildman–Crippen LogP) is 4.05. The van der Waals surface area contributed by atoms with Gasteiger partial charge < -0.3 is 0 Å². The molecule has 0 atom stereocenters. The largest absolute Gasteiger partial charge is 0.256 e. The lowest BCUT2D eigenvalue weighted by molar-refractivity contribution is 1.33. The molecule has 0 aromatic heterocycles. The average molecular weight is 209 g/mol. The van der Waals surface area contributed by atoms with Crippen LogP contribution in [0.3, 0.4) is 0 Å². The zero-order valence-corrected chi connectivity index (χ0v) is 9.64. The molecule has 0 aliphatic rings. The fourth-order valence-electron chi connectivity index (χ4n) is 1.49. The van der Waals surface area contributed by atoms with Crippen LogP contribution >= 0.6 is 0 Å². The number of rotatable bonds is 2. The van der Waals surface area contributed by atoms with Crippen LogP contribution in [0.25, 0.3) is 0 Å². The maximum absolute atomic E-state index is 4.45. The Bertz CT molecular complexity index is 498. The molecule has 2 rings (SSSR count). The molecule has 0 saturated heterocycles. The third kappa shape index (κ3) is 2.57. The van der Waals surface area contributed by atoms with Crippen LogP contribution in [-0.4, -0.2) is 6.21 Å². The van der Waals surface area contributed by atoms with E-state index < -0.39 is 0 Å². The van der Waals surface area contributed by atoms with Gasteiger partial charge in [-0.2, -0.15) is 0 Å². The first-order valence-corrected chi connectivity index (χ1v) is 5.42. The van der Waals surface area contributed by atoms with Crippen LogP contribution in [0.5, 0.6) is 0 Å². The maximum atomic E-state index is 4.45. The van der Waals surface area contributed by atoms with Crippen LogP contribution in [-0.2, 0) is 0 Å². The van der Waals surface area contributed by atoms with E-state index in [2.05, 4.69) is 31.0 Å². The molecule has 0 fully saturated rings. The van der Waals surface area contributed by atoms with Crippen molar-refractivity contribution in [3.05, 3.63) is 65.2 Å². The van der Waals surface area contributed by atoms with Gasteiger partial charge in [0.1, 0.15) is 0 Å². The number of hydrogen-bond acceptors (Lipinski definition) is 1. The highest BCUT2D eigenvalue weighted by atomic mass is 14.7. The summed E-state index contributed by atoms with van der Waals surface area (Å²) in [7, 11) is 0. The van der Waals surface area contributed by atoms with Gasteiger partial charge in [-0.15, -0.1) is 0 Å². The predicted molar refractivity (Wildman–Crippen MR) is 69.6 cm³/mol. The summed E-state index contributed by atoms with van der Waals surface area (Å²) < 4.78 is 0. The summed E-state index contributed by atoms with van der Waals surface area (Å²) in [5.41, 5.74) is 4.72. The molecule has 0 spiro atoms. The number of aryl methyl sites for hydroxylation is 2. The second kappa shape index (κ2) is 4.75. The van der Waals surface area contributed by atoms with Gasteiger partial charge in [0.25, 0.3) is 0 Å². The highest BCUT2D eigenvalue weighted by Crippen LogP contribution is 2.16. The highest BCUT2D eigenvalue weighted by molar-refractivity contribution is 5.81. The average Bonchev–Trinajstić information content (AvgIpc) is 2.32. The van der Waals surface area contributed by atoms with Crippen molar-refractivity contribution in [2.45, 2.75) is 13.8 Å². The number of nitrogens with zero attached hydrogens (tertiary/aromatic N) is 1. The van der Waals surface area contributed by atoms with Crippen LogP contribution in [0.4, 0.5) is 5.69 Å². The van der Waals surface area contributed by atoms with Gasteiger partial charge in [-0.1, -0.05) is 36.4 Å². The Morgan fingerprint density at radius 3 is 2.31 bits per heavy atom. The summed E-state index contributed by atoms with van der Waals surface area (Å²) in [4.78, 5) is 4.45. The zero-order chi connectivity index (χ0) is 11.4. The third-order valence-corrected chi connectivity index (χ3v) is 2.65. The first kappa shape index (κ1) is 10.6. The molecule has 0 radical (unpaired) electrons. The second-order valence-electron chi connectivity index (χ2n) is 3.94. The van der Waals surface area contributed by atoms with Crippen molar-refractivity contribution in [3.63, 3.8) is 0 Å². The van der Waals surface area contributed by atoms with Crippen molar-refractivity contribution in [2.75, 3.05) is 0 Å². The fraction of sp³-hybridized carbons (Fsp3) is 0.133. The molecule has 80 valence electrons. The van der Waals surface area contributed by atoms with Gasteiger partial charge in [0, 0.05) is 6.21 Å². The van der Waals surface area contributed by atoms with Crippen molar-refractivity contribution in [1.82, 2.24) is 0 Å². The van der Waals surface area contributed by atoms with Gasteiger partial charge >= 0.3 is 0 Å². The van der Waals surface area contributed by atoms with Crippen LogP contribution in [0, 0.1) is 13.8 Å². The van der Waals surface area contributed by atoms with E-state index in [-0.39, 0.29) is 0 Å². The molecule has 0 unspecified atom stereocenters. The minimum atomic E-state index is 1.01. The Hall–Kier alpha value is -1.89. The minimum absolute atomic E-state index is 1.01. The Morgan fingerprint density at radius 1 is 0.875 bits per heavy atom. The number of hydrogen-bond donors (Lipinski definition) is 0. The van der Waals surface area contributed by atoms with Crippen molar-refractivity contribution in [3.8, 4) is 0 Å². The molecule has 1 heteroatoms. The smallest absolute Gasteiger partial charge is 0.0632 e. The second-order valence-corrected chi connectivity index (χ2v) is 3.94. The zero-order valence-electron chi connectivity index (χ0n) is 9.64. The van der Waals surface area contributed by atoms with Crippen molar-refractivity contribution in [1.29, 1.82) is 0 Å². The molecule has 2 aromatic carbocycles. The van der Waals surface area contributed by atoms with Crippen molar-refractivity contribution < 1.29 is 0 Å². The van der Waals surface area contributed by atoms with Crippen molar-refractivity contribution in [2.24, 2.45) is 4.99 Å². The highest BCUT2D eigenvalue weighted by Gasteiger charge is 1.93. The Morgan fingerprint density at radius 2 is 1.62 bits per heavy atom. The number of benzene rings is 2. The monoisotopic (exact) mass is 209 g/mol. The normalized spacial score (nSPS) is 10.9. The van der Waals surface area contributed by atoms with E-state index in [1.807, 2.05) is 42.6 Å². The fourth-order valence-corrected chi connectivity index (χ4v) is 1.49. The first-order valence-electron chi connectivity index (χ1n) is 5.42. The summed E-state index contributed by atoms with van der Waals surface area (Å²) >= 11 is 0. The van der Waals surface area contributed by atoms with E-state index >= 15 is 0 Å². The Labute approximate surface area is 96.5 Å². The molecule has 1 nitrogen and oxygen atoms in total. The quantitative estimate of drug-likeness (QED) is 0.661. The van der Waals surface area contributed by atoms with Crippen LogP contribution in [0.2, 0.25) is 0 Å². The molecular formula is C15H15N. The molecule has 0 N–H and O–H groups in total. The number of aliphatic imine (C=N–C) groups is 1. The van der Waals surface area contributed by atoms with Crippen LogP contribution in [0.1, 0.15) is 16.7 Å². The van der Waals surface area contributed by atoms with E-state index in [9.17, 15) is 0 Å². The van der Waals surface area contributed by atoms with Crippen LogP contribution < -0.4 is 0 Å². The molecular weight excluding hydrogens is 194 g/mol. The van der Waals surface area contributed by atoms with E-state index in [1.54, 1.807) is 0 Å². The minimum Gasteiger partial charge on any atom is -0.256 e. The summed E-state index contributed by atoms with van der Waals surface area (Å²) in [6, 6.07) is 16.4. The summed E-state index contributed by atoms with van der Waals surface area (Å²) in [5, 5.41) is 0. The van der Waals surface area contributed by atoms with E-state index in [0.29, 0.717) is 0 Å². The SMILES string of the molecule is Cc1ccc(N=Cc2ccccc2)cc1C. The summed E-state index contributed by atoms with van der Waals surface area (Å²) in [6.45, 7) is 4.22. The summed E-state index contributed by atoms with van der Waals surface area (Å²) in [6.07, 6.45) is 1.89. The lowest BCUT2D eigenvalue weighted by Crippen LogP contribution is -1.80. The molecule has 2 aromatic rings. The first-order chi connectivity index (χ1) is 7.75. The van der Waals surface area contributed by atoms with Gasteiger partial charge in [-0.05, 0) is 42.7 Å². The van der Waals surface area contributed by atoms with Crippen molar-refractivity contribution >= 4 is 11.9 Å². The van der Waals surface area contributed by atoms with E-state index in [4.69, 9.17) is 0 Å². The van der Waals surface area contributed by atoms with E-state index in [1.165, 1.54) is 11.1 Å². The molecule has 16 heavy (non-hydrogen) atoms. The van der Waals surface area contributed by atoms with Gasteiger partial charge in [0.2, 0.25) is 0 Å². The summed E-state index contributed by atoms with van der Waals surface area (Å²) in [5.74, 6) is 0. The van der Waals surface area contributed by atoms with Gasteiger partial charge in [-0.3, -0.25) is 4.99 Å². The maximum Gasteiger partial charge on any atom is 0.0632 e. The standard InChI is InChI=1S/C15H15N/c1-12-8-9-15(10-13(12)2)16-11-14-6-4-3-5-7-14/h3-11H,1-2H3. The molecule has 0 aliphatic heterocycles. The van der Waals surface area contributed by atoms with Gasteiger partial charge in [-0.25, -0.2) is 0 Å². The molecule has 0 heterocycles.